The number of thioether (sulfide) groups is 1. The van der Waals surface area contributed by atoms with Crippen LogP contribution in [0.15, 0.2) is 69.2 Å². The summed E-state index contributed by atoms with van der Waals surface area (Å²) in [5.74, 6) is 1.13. The summed E-state index contributed by atoms with van der Waals surface area (Å²) in [5.41, 5.74) is 3.14. The molecule has 0 bridgehead atoms. The zero-order chi connectivity index (χ0) is 25.0. The lowest BCUT2D eigenvalue weighted by Crippen LogP contribution is -2.08. The standard InChI is InChI=1S/C25H26N4O4S2/c1-4-29-24(20-8-6-5-7-9-20)26-27-25(29)34-15-21(30)14-19-10-12-22(13-11-19)35(31,32)16-23-17(2)18(3)28-33-23/h5-13H,4,14-16H2,1-3H3. The van der Waals surface area contributed by atoms with Gasteiger partial charge in [0.2, 0.25) is 0 Å². The normalized spacial score (nSPS) is 11.6. The molecule has 0 N–H and O–H groups in total. The minimum absolute atomic E-state index is 0.0188. The Morgan fingerprint density at radius 3 is 2.37 bits per heavy atom. The quantitative estimate of drug-likeness (QED) is 0.288. The van der Waals surface area contributed by atoms with E-state index < -0.39 is 9.84 Å². The van der Waals surface area contributed by atoms with Crippen LogP contribution in [0.4, 0.5) is 0 Å². The summed E-state index contributed by atoms with van der Waals surface area (Å²) in [6.07, 6.45) is 0.208. The molecule has 10 heteroatoms. The van der Waals surface area contributed by atoms with Crippen molar-refractivity contribution < 1.29 is 17.7 Å². The molecule has 4 aromatic rings. The van der Waals surface area contributed by atoms with E-state index >= 15 is 0 Å². The molecule has 0 atom stereocenters. The van der Waals surface area contributed by atoms with Crippen LogP contribution in [0.5, 0.6) is 0 Å². The largest absolute Gasteiger partial charge is 0.360 e. The first kappa shape index (κ1) is 24.9. The van der Waals surface area contributed by atoms with Gasteiger partial charge in [-0.1, -0.05) is 59.4 Å². The van der Waals surface area contributed by atoms with Crippen molar-refractivity contribution in [3.8, 4) is 11.4 Å². The molecule has 8 nitrogen and oxygen atoms in total. The number of carbonyl (C=O) groups is 1. The van der Waals surface area contributed by atoms with Gasteiger partial charge < -0.3 is 9.09 Å². The van der Waals surface area contributed by atoms with Crippen molar-refractivity contribution in [2.45, 2.75) is 49.5 Å². The van der Waals surface area contributed by atoms with E-state index in [1.165, 1.54) is 23.9 Å². The van der Waals surface area contributed by atoms with E-state index in [1.54, 1.807) is 26.0 Å². The number of rotatable bonds is 10. The predicted molar refractivity (Wildman–Crippen MR) is 134 cm³/mol. The zero-order valence-electron chi connectivity index (χ0n) is 19.8. The molecule has 2 aromatic heterocycles. The first-order valence-electron chi connectivity index (χ1n) is 11.1. The lowest BCUT2D eigenvalue weighted by Gasteiger charge is -2.07. The minimum atomic E-state index is -3.58. The number of hydrogen-bond acceptors (Lipinski definition) is 8. The Hall–Kier alpha value is -3.24. The van der Waals surface area contributed by atoms with E-state index in [0.717, 1.165) is 22.5 Å². The van der Waals surface area contributed by atoms with Crippen LogP contribution in [0.3, 0.4) is 0 Å². The highest BCUT2D eigenvalue weighted by molar-refractivity contribution is 7.99. The Bertz CT molecular complexity index is 1430. The lowest BCUT2D eigenvalue weighted by molar-refractivity contribution is -0.116. The maximum atomic E-state index is 12.7. The van der Waals surface area contributed by atoms with Crippen molar-refractivity contribution >= 4 is 27.4 Å². The van der Waals surface area contributed by atoms with Crippen molar-refractivity contribution in [2.75, 3.05) is 5.75 Å². The number of benzene rings is 2. The van der Waals surface area contributed by atoms with E-state index in [1.807, 2.05) is 41.8 Å². The van der Waals surface area contributed by atoms with Gasteiger partial charge in [0, 0.05) is 24.1 Å². The van der Waals surface area contributed by atoms with Gasteiger partial charge >= 0.3 is 0 Å². The second-order valence-corrected chi connectivity index (χ2v) is 11.1. The van der Waals surface area contributed by atoms with Gasteiger partial charge in [0.05, 0.1) is 16.3 Å². The minimum Gasteiger partial charge on any atom is -0.360 e. The molecule has 0 radical (unpaired) electrons. The Morgan fingerprint density at radius 2 is 1.74 bits per heavy atom. The second-order valence-electron chi connectivity index (χ2n) is 8.14. The van der Waals surface area contributed by atoms with Gasteiger partial charge in [-0.05, 0) is 38.5 Å². The molecule has 0 aliphatic rings. The fourth-order valence-electron chi connectivity index (χ4n) is 3.57. The molecule has 0 spiro atoms. The SMILES string of the molecule is CCn1c(SCC(=O)Cc2ccc(S(=O)(=O)Cc3onc(C)c3C)cc2)nnc1-c1ccccc1. The number of sulfone groups is 1. The molecular formula is C25H26N4O4S2. The number of aryl methyl sites for hydroxylation is 1. The summed E-state index contributed by atoms with van der Waals surface area (Å²) < 4.78 is 32.6. The third kappa shape index (κ3) is 5.71. The maximum Gasteiger partial charge on any atom is 0.191 e. The molecule has 0 saturated heterocycles. The fraction of sp³-hybridized carbons (Fsp3) is 0.280. The van der Waals surface area contributed by atoms with Crippen molar-refractivity contribution in [3.63, 3.8) is 0 Å². The Labute approximate surface area is 208 Å². The van der Waals surface area contributed by atoms with Crippen molar-refractivity contribution in [1.82, 2.24) is 19.9 Å². The van der Waals surface area contributed by atoms with Crippen LogP contribution in [-0.2, 0) is 33.4 Å². The van der Waals surface area contributed by atoms with E-state index in [4.69, 9.17) is 4.52 Å². The molecule has 0 fully saturated rings. The van der Waals surface area contributed by atoms with Gasteiger partial charge in [-0.15, -0.1) is 10.2 Å². The Kier molecular flexibility index (Phi) is 7.51. The number of Topliss-reactive ketones (excluding diaryl/α,β-unsaturated/α-hetero) is 1. The number of aromatic nitrogens is 4. The molecule has 0 amide bonds. The summed E-state index contributed by atoms with van der Waals surface area (Å²) in [4.78, 5) is 12.8. The predicted octanol–water partition coefficient (Wildman–Crippen LogP) is 4.45. The third-order valence-electron chi connectivity index (χ3n) is 5.69. The molecule has 35 heavy (non-hydrogen) atoms. The smallest absolute Gasteiger partial charge is 0.191 e. The van der Waals surface area contributed by atoms with Gasteiger partial charge in [0.25, 0.3) is 0 Å². The third-order valence-corrected chi connectivity index (χ3v) is 8.35. The van der Waals surface area contributed by atoms with Gasteiger partial charge in [0.1, 0.15) is 11.5 Å². The highest BCUT2D eigenvalue weighted by Gasteiger charge is 2.21. The summed E-state index contributed by atoms with van der Waals surface area (Å²) >= 11 is 1.35. The van der Waals surface area contributed by atoms with Crippen molar-refractivity contribution in [1.29, 1.82) is 0 Å². The molecule has 2 heterocycles. The molecule has 4 rings (SSSR count). The number of ketones is 1. The number of nitrogens with zero attached hydrogens (tertiary/aromatic N) is 4. The summed E-state index contributed by atoms with van der Waals surface area (Å²) in [5, 5.41) is 13.1. The van der Waals surface area contributed by atoms with Gasteiger partial charge in [0.15, 0.2) is 26.6 Å². The van der Waals surface area contributed by atoms with Crippen molar-refractivity contribution in [2.24, 2.45) is 0 Å². The van der Waals surface area contributed by atoms with Gasteiger partial charge in [-0.3, -0.25) is 4.79 Å². The average Bonchev–Trinajstić information content (AvgIpc) is 3.41. The summed E-state index contributed by atoms with van der Waals surface area (Å²) in [6, 6.07) is 16.2. The topological polar surface area (TPSA) is 108 Å². The number of hydrogen-bond donors (Lipinski definition) is 0. The number of carbonyl (C=O) groups excluding carboxylic acids is 1. The first-order chi connectivity index (χ1) is 16.8. The van der Waals surface area contributed by atoms with Crippen LogP contribution < -0.4 is 0 Å². The monoisotopic (exact) mass is 510 g/mol. The molecule has 0 saturated carbocycles. The van der Waals surface area contributed by atoms with Gasteiger partial charge in [-0.25, -0.2) is 8.42 Å². The summed E-state index contributed by atoms with van der Waals surface area (Å²) in [7, 11) is -3.58. The van der Waals surface area contributed by atoms with Crippen LogP contribution >= 0.6 is 11.8 Å². The van der Waals surface area contributed by atoms with E-state index in [2.05, 4.69) is 15.4 Å². The summed E-state index contributed by atoms with van der Waals surface area (Å²) in [6.45, 7) is 6.27. The lowest BCUT2D eigenvalue weighted by atomic mass is 10.1. The van der Waals surface area contributed by atoms with Crippen LogP contribution in [0, 0.1) is 13.8 Å². The molecule has 0 aliphatic carbocycles. The average molecular weight is 511 g/mol. The second kappa shape index (κ2) is 10.6. The highest BCUT2D eigenvalue weighted by Crippen LogP contribution is 2.25. The van der Waals surface area contributed by atoms with Crippen LogP contribution in [0.2, 0.25) is 0 Å². The van der Waals surface area contributed by atoms with Crippen LogP contribution in [-0.4, -0.2) is 39.9 Å². The van der Waals surface area contributed by atoms with E-state index in [0.29, 0.717) is 23.2 Å². The molecule has 2 aromatic carbocycles. The van der Waals surface area contributed by atoms with E-state index in [-0.39, 0.29) is 28.6 Å². The first-order valence-corrected chi connectivity index (χ1v) is 13.8. The fourth-order valence-corrected chi connectivity index (χ4v) is 5.77. The highest BCUT2D eigenvalue weighted by atomic mass is 32.2. The van der Waals surface area contributed by atoms with Gasteiger partial charge in [-0.2, -0.15) is 0 Å². The van der Waals surface area contributed by atoms with E-state index in [9.17, 15) is 13.2 Å². The molecule has 182 valence electrons. The maximum absolute atomic E-state index is 12.7. The van der Waals surface area contributed by atoms with Crippen molar-refractivity contribution in [3.05, 3.63) is 77.2 Å². The molecule has 0 aliphatic heterocycles. The Balaban J connectivity index is 1.37. The zero-order valence-corrected chi connectivity index (χ0v) is 21.4. The van der Waals surface area contributed by atoms with Crippen LogP contribution in [0.25, 0.3) is 11.4 Å². The Morgan fingerprint density at radius 1 is 1.03 bits per heavy atom. The van der Waals surface area contributed by atoms with Crippen LogP contribution in [0.1, 0.15) is 29.5 Å². The molecular weight excluding hydrogens is 484 g/mol. The molecule has 0 unspecified atom stereocenters.